The van der Waals surface area contributed by atoms with Gasteiger partial charge in [-0.25, -0.2) is 9.59 Å². The number of nitrogens with one attached hydrogen (secondary N) is 1. The van der Waals surface area contributed by atoms with E-state index in [2.05, 4.69) is 34.6 Å². The lowest BCUT2D eigenvalue weighted by Gasteiger charge is -2.32. The molecule has 2 aromatic carbocycles. The molecule has 0 unspecified atom stereocenters. The van der Waals surface area contributed by atoms with Gasteiger partial charge in [0.05, 0.1) is 22.5 Å². The molecule has 2 N–H and O–H groups in total. The Morgan fingerprint density at radius 1 is 0.974 bits per heavy atom. The van der Waals surface area contributed by atoms with Crippen LogP contribution in [-0.4, -0.2) is 53.6 Å². The monoisotopic (exact) mass is 526 g/mol. The number of alkyl carbamates (subject to hydrolysis) is 1. The number of carboxylic acid groups (broad SMARTS) is 1. The van der Waals surface area contributed by atoms with Gasteiger partial charge in [0, 0.05) is 18.7 Å². The Morgan fingerprint density at radius 3 is 2.15 bits per heavy atom. The fourth-order valence-electron chi connectivity index (χ4n) is 4.91. The minimum atomic E-state index is -1.10. The third-order valence-electron chi connectivity index (χ3n) is 7.73. The maximum absolute atomic E-state index is 12.9. The minimum Gasteiger partial charge on any atom is -0.478 e. The average molecular weight is 526 g/mol. The lowest BCUT2D eigenvalue weighted by atomic mass is 9.77. The highest BCUT2D eigenvalue weighted by Gasteiger charge is 2.52. The van der Waals surface area contributed by atoms with E-state index in [9.17, 15) is 14.7 Å². The van der Waals surface area contributed by atoms with Gasteiger partial charge < -0.3 is 24.5 Å². The molecule has 2 heterocycles. The quantitative estimate of drug-likeness (QED) is 0.401. The van der Waals surface area contributed by atoms with Crippen LogP contribution >= 0.6 is 0 Å². The summed E-state index contributed by atoms with van der Waals surface area (Å²) in [6, 6.07) is 19.3. The molecule has 0 bridgehead atoms. The molecule has 39 heavy (non-hydrogen) atoms. The third kappa shape index (κ3) is 5.20. The number of aromatic carboxylic acids is 1. The Balaban J connectivity index is 1.33. The number of benzene rings is 2. The largest absolute Gasteiger partial charge is 0.492 e. The number of nitrogens with zero attached hydrogens (tertiary/aromatic N) is 1. The number of pyridine rings is 1. The van der Waals surface area contributed by atoms with Crippen LogP contribution < -0.4 is 5.32 Å². The van der Waals surface area contributed by atoms with Crippen LogP contribution in [0.3, 0.4) is 0 Å². The van der Waals surface area contributed by atoms with Crippen molar-refractivity contribution in [2.24, 2.45) is 0 Å². The summed E-state index contributed by atoms with van der Waals surface area (Å²) < 4.78 is 18.1. The second kappa shape index (κ2) is 10.3. The van der Waals surface area contributed by atoms with Gasteiger partial charge in [0.1, 0.15) is 6.61 Å². The summed E-state index contributed by atoms with van der Waals surface area (Å²) in [5, 5.41) is 12.4. The van der Waals surface area contributed by atoms with Crippen LogP contribution in [0.4, 0.5) is 4.79 Å². The van der Waals surface area contributed by atoms with E-state index in [1.54, 1.807) is 12.1 Å². The van der Waals surface area contributed by atoms with E-state index in [0.717, 1.165) is 22.3 Å². The first-order chi connectivity index (χ1) is 18.6. The number of hydrogen-bond acceptors (Lipinski definition) is 6. The fraction of sp³-hybridized carbons (Fsp3) is 0.300. The normalized spacial score (nSPS) is 17.4. The van der Waals surface area contributed by atoms with E-state index in [0.29, 0.717) is 5.47 Å². The number of carbonyl (C=O) groups excluding carboxylic acids is 1. The van der Waals surface area contributed by atoms with Gasteiger partial charge in [0.15, 0.2) is 0 Å². The van der Waals surface area contributed by atoms with E-state index in [4.69, 9.17) is 14.0 Å². The number of fused-ring (bicyclic) bond motifs is 3. The summed E-state index contributed by atoms with van der Waals surface area (Å²) in [6.07, 6.45) is 2.51. The Labute approximate surface area is 228 Å². The van der Waals surface area contributed by atoms with Crippen molar-refractivity contribution in [3.63, 3.8) is 0 Å². The Kier molecular flexibility index (Phi) is 7.05. The van der Waals surface area contributed by atoms with Gasteiger partial charge in [-0.05, 0) is 73.6 Å². The Morgan fingerprint density at radius 2 is 1.56 bits per heavy atom. The SMILES string of the molecule is CC1(C)OB(C(=Cc2ncccc2C(=O)O)CNC(=O)OCC2c3ccccc3-c3ccccc32)OC1(C)C. The molecule has 200 valence electrons. The van der Waals surface area contributed by atoms with Gasteiger partial charge in [-0.3, -0.25) is 4.98 Å². The van der Waals surface area contributed by atoms with E-state index >= 15 is 0 Å². The van der Waals surface area contributed by atoms with Gasteiger partial charge in [0.2, 0.25) is 0 Å². The molecule has 1 aliphatic heterocycles. The van der Waals surface area contributed by atoms with Gasteiger partial charge in [-0.15, -0.1) is 0 Å². The second-order valence-corrected chi connectivity index (χ2v) is 10.7. The summed E-state index contributed by atoms with van der Waals surface area (Å²) in [7, 11) is -0.812. The molecule has 0 radical (unpaired) electrons. The zero-order valence-electron chi connectivity index (χ0n) is 22.4. The zero-order chi connectivity index (χ0) is 27.8. The molecule has 1 aliphatic carbocycles. The van der Waals surface area contributed by atoms with Gasteiger partial charge in [0.25, 0.3) is 0 Å². The molecular weight excluding hydrogens is 495 g/mol. The van der Waals surface area contributed by atoms with Crippen LogP contribution in [0.5, 0.6) is 0 Å². The average Bonchev–Trinajstić information content (AvgIpc) is 3.34. The number of rotatable bonds is 7. The molecule has 5 rings (SSSR count). The summed E-state index contributed by atoms with van der Waals surface area (Å²) in [5.74, 6) is -1.17. The number of hydrogen-bond donors (Lipinski definition) is 2. The highest BCUT2D eigenvalue weighted by molar-refractivity contribution is 6.56. The number of amides is 1. The molecule has 1 saturated heterocycles. The summed E-state index contributed by atoms with van der Waals surface area (Å²) in [6.45, 7) is 7.89. The number of carbonyl (C=O) groups is 2. The molecule has 1 fully saturated rings. The van der Waals surface area contributed by atoms with Crippen LogP contribution in [0.1, 0.15) is 60.8 Å². The zero-order valence-corrected chi connectivity index (χ0v) is 22.4. The maximum Gasteiger partial charge on any atom is 0.492 e. The fourth-order valence-corrected chi connectivity index (χ4v) is 4.91. The summed E-state index contributed by atoms with van der Waals surface area (Å²) in [5.41, 5.74) is 4.09. The second-order valence-electron chi connectivity index (χ2n) is 10.7. The molecule has 0 saturated carbocycles. The molecule has 0 atom stereocenters. The molecule has 0 spiro atoms. The first-order valence-corrected chi connectivity index (χ1v) is 12.9. The predicted octanol–water partition coefficient (Wildman–Crippen LogP) is 5.33. The predicted molar refractivity (Wildman–Crippen MR) is 148 cm³/mol. The molecule has 9 heteroatoms. The van der Waals surface area contributed by atoms with Crippen molar-refractivity contribution >= 4 is 25.3 Å². The van der Waals surface area contributed by atoms with Crippen molar-refractivity contribution in [3.05, 3.63) is 94.7 Å². The number of carboxylic acids is 1. The maximum atomic E-state index is 12.9. The van der Waals surface area contributed by atoms with Crippen LogP contribution in [0.15, 0.2) is 72.3 Å². The van der Waals surface area contributed by atoms with E-state index in [1.807, 2.05) is 52.0 Å². The van der Waals surface area contributed by atoms with Crippen molar-refractivity contribution in [2.45, 2.75) is 44.8 Å². The van der Waals surface area contributed by atoms with Crippen LogP contribution in [0.2, 0.25) is 0 Å². The van der Waals surface area contributed by atoms with E-state index in [-0.39, 0.29) is 30.3 Å². The van der Waals surface area contributed by atoms with Crippen molar-refractivity contribution < 1.29 is 28.7 Å². The molecule has 1 aromatic heterocycles. The summed E-state index contributed by atoms with van der Waals surface area (Å²) >= 11 is 0. The van der Waals surface area contributed by atoms with Crippen molar-refractivity contribution in [3.8, 4) is 11.1 Å². The van der Waals surface area contributed by atoms with Crippen LogP contribution in [0, 0.1) is 0 Å². The highest BCUT2D eigenvalue weighted by Crippen LogP contribution is 2.44. The van der Waals surface area contributed by atoms with Gasteiger partial charge in [-0.2, -0.15) is 0 Å². The van der Waals surface area contributed by atoms with Crippen molar-refractivity contribution in [1.29, 1.82) is 0 Å². The minimum absolute atomic E-state index is 0.0170. The molecule has 1 amide bonds. The smallest absolute Gasteiger partial charge is 0.478 e. The third-order valence-corrected chi connectivity index (χ3v) is 7.73. The standard InChI is InChI=1S/C30H31BN2O6/c1-29(2)30(3,4)39-31(38-29)19(16-26-24(27(34)35)14-9-15-32-26)17-33-28(36)37-18-25-22-12-7-5-10-20(22)21-11-6-8-13-23(21)25/h5-16,25H,17-18H2,1-4H3,(H,33,36)(H,34,35). The first-order valence-electron chi connectivity index (χ1n) is 12.9. The summed E-state index contributed by atoms with van der Waals surface area (Å²) in [4.78, 5) is 28.9. The number of aromatic nitrogens is 1. The Bertz CT molecular complexity index is 1390. The molecule has 2 aliphatic rings. The topological polar surface area (TPSA) is 107 Å². The van der Waals surface area contributed by atoms with Gasteiger partial charge >= 0.3 is 19.2 Å². The lowest BCUT2D eigenvalue weighted by Crippen LogP contribution is -2.41. The highest BCUT2D eigenvalue weighted by atomic mass is 16.7. The lowest BCUT2D eigenvalue weighted by molar-refractivity contribution is 0.00578. The van der Waals surface area contributed by atoms with Crippen LogP contribution in [-0.2, 0) is 14.0 Å². The van der Waals surface area contributed by atoms with Crippen molar-refractivity contribution in [2.75, 3.05) is 13.2 Å². The van der Waals surface area contributed by atoms with Crippen LogP contribution in [0.25, 0.3) is 17.2 Å². The molecule has 3 aromatic rings. The molecule has 8 nitrogen and oxygen atoms in total. The van der Waals surface area contributed by atoms with E-state index in [1.165, 1.54) is 12.3 Å². The Hall–Kier alpha value is -3.95. The first kappa shape index (κ1) is 26.7. The van der Waals surface area contributed by atoms with E-state index < -0.39 is 30.4 Å². The number of ether oxygens (including phenoxy) is 1. The molecular formula is C30H31BN2O6. The van der Waals surface area contributed by atoms with Gasteiger partial charge in [-0.1, -0.05) is 48.5 Å². The van der Waals surface area contributed by atoms with Crippen molar-refractivity contribution in [1.82, 2.24) is 10.3 Å².